The lowest BCUT2D eigenvalue weighted by Gasteiger charge is -2.08. The fourth-order valence-electron chi connectivity index (χ4n) is 2.57. The lowest BCUT2D eigenvalue weighted by Crippen LogP contribution is -2.13. The summed E-state index contributed by atoms with van der Waals surface area (Å²) < 4.78 is 5.04. The van der Waals surface area contributed by atoms with Crippen LogP contribution in [0.5, 0.6) is 0 Å². The zero-order valence-electron chi connectivity index (χ0n) is 14.7. The maximum absolute atomic E-state index is 10.9. The van der Waals surface area contributed by atoms with Gasteiger partial charge in [0.2, 0.25) is 0 Å². The Balaban J connectivity index is 1.79. The van der Waals surface area contributed by atoms with Crippen LogP contribution in [0.4, 0.5) is 0 Å². The molecule has 128 valence electrons. The summed E-state index contributed by atoms with van der Waals surface area (Å²) in [4.78, 5) is 10.9. The Morgan fingerprint density at radius 3 is 2.33 bits per heavy atom. The zero-order chi connectivity index (χ0) is 17.2. The van der Waals surface area contributed by atoms with E-state index in [4.69, 9.17) is 4.74 Å². The van der Waals surface area contributed by atoms with E-state index in [0.29, 0.717) is 6.61 Å². The number of hydrogen-bond donors (Lipinski definition) is 1. The molecule has 0 atom stereocenters. The number of carbonyl (C=O) groups excluding carboxylic acids is 1. The average Bonchev–Trinajstić information content (AvgIpc) is 2.60. The molecule has 0 saturated carbocycles. The van der Waals surface area contributed by atoms with E-state index < -0.39 is 0 Å². The molecule has 2 rings (SSSR count). The van der Waals surface area contributed by atoms with Gasteiger partial charge in [-0.1, -0.05) is 61.9 Å². The molecular weight excluding hydrogens is 298 g/mol. The van der Waals surface area contributed by atoms with Crippen molar-refractivity contribution in [3.05, 3.63) is 70.8 Å². The highest BCUT2D eigenvalue weighted by Gasteiger charge is 2.00. The standard InChI is InChI=1S/C21H27NO2/c1-3-4-6-18-9-11-19(12-10-18)14-22-15-20-7-5-8-21(13-20)16-24-17(2)23/h5,7-13,22H,3-4,6,14-16H2,1-2H3. The molecule has 0 saturated heterocycles. The fraction of sp³-hybridized carbons (Fsp3) is 0.381. The van der Waals surface area contributed by atoms with Gasteiger partial charge in [0.15, 0.2) is 0 Å². The summed E-state index contributed by atoms with van der Waals surface area (Å²) >= 11 is 0. The van der Waals surface area contributed by atoms with Gasteiger partial charge in [-0.2, -0.15) is 0 Å². The first-order chi connectivity index (χ1) is 11.7. The van der Waals surface area contributed by atoms with Crippen molar-refractivity contribution in [3.63, 3.8) is 0 Å². The lowest BCUT2D eigenvalue weighted by molar-refractivity contribution is -0.142. The molecule has 2 aromatic rings. The van der Waals surface area contributed by atoms with Crippen molar-refractivity contribution >= 4 is 5.97 Å². The van der Waals surface area contributed by atoms with Gasteiger partial charge >= 0.3 is 5.97 Å². The molecule has 0 aliphatic carbocycles. The Labute approximate surface area is 145 Å². The lowest BCUT2D eigenvalue weighted by atomic mass is 10.1. The number of carbonyl (C=O) groups is 1. The zero-order valence-corrected chi connectivity index (χ0v) is 14.7. The molecule has 0 aliphatic rings. The summed E-state index contributed by atoms with van der Waals surface area (Å²) in [5, 5.41) is 3.46. The predicted molar refractivity (Wildman–Crippen MR) is 97.5 cm³/mol. The van der Waals surface area contributed by atoms with Crippen LogP contribution in [0.1, 0.15) is 48.9 Å². The molecule has 24 heavy (non-hydrogen) atoms. The van der Waals surface area contributed by atoms with Crippen molar-refractivity contribution < 1.29 is 9.53 Å². The van der Waals surface area contributed by atoms with Crippen LogP contribution in [0.3, 0.4) is 0 Å². The molecule has 0 radical (unpaired) electrons. The van der Waals surface area contributed by atoms with Crippen molar-refractivity contribution in [2.75, 3.05) is 0 Å². The highest BCUT2D eigenvalue weighted by molar-refractivity contribution is 5.65. The minimum absolute atomic E-state index is 0.249. The molecule has 0 unspecified atom stereocenters. The van der Waals surface area contributed by atoms with Crippen LogP contribution in [0.2, 0.25) is 0 Å². The maximum Gasteiger partial charge on any atom is 0.302 e. The molecule has 3 nitrogen and oxygen atoms in total. The molecule has 0 aliphatic heterocycles. The predicted octanol–water partition coefficient (Wildman–Crippen LogP) is 4.38. The summed E-state index contributed by atoms with van der Waals surface area (Å²) in [6, 6.07) is 17.0. The van der Waals surface area contributed by atoms with Gasteiger partial charge in [-0.05, 0) is 35.1 Å². The van der Waals surface area contributed by atoms with Gasteiger partial charge in [0.1, 0.15) is 6.61 Å². The summed E-state index contributed by atoms with van der Waals surface area (Å²) in [5.41, 5.74) is 4.93. The number of aryl methyl sites for hydroxylation is 1. The number of ether oxygens (including phenoxy) is 1. The van der Waals surface area contributed by atoms with Gasteiger partial charge in [-0.25, -0.2) is 0 Å². The Morgan fingerprint density at radius 1 is 0.958 bits per heavy atom. The molecule has 0 fully saturated rings. The Kier molecular flexibility index (Phi) is 7.50. The molecule has 3 heteroatoms. The van der Waals surface area contributed by atoms with E-state index in [1.165, 1.54) is 42.9 Å². The van der Waals surface area contributed by atoms with Crippen molar-refractivity contribution in [1.29, 1.82) is 0 Å². The van der Waals surface area contributed by atoms with E-state index in [2.05, 4.69) is 48.6 Å². The molecule has 0 aromatic heterocycles. The third-order valence-electron chi connectivity index (χ3n) is 3.93. The molecule has 1 N–H and O–H groups in total. The molecule has 0 bridgehead atoms. The van der Waals surface area contributed by atoms with E-state index >= 15 is 0 Å². The second-order valence-corrected chi connectivity index (χ2v) is 6.12. The Bertz CT molecular complexity index is 635. The Morgan fingerprint density at radius 2 is 1.62 bits per heavy atom. The number of hydrogen-bond acceptors (Lipinski definition) is 3. The number of benzene rings is 2. The first-order valence-corrected chi connectivity index (χ1v) is 8.67. The second kappa shape index (κ2) is 9.89. The van der Waals surface area contributed by atoms with E-state index in [1.54, 1.807) is 0 Å². The average molecular weight is 325 g/mol. The molecular formula is C21H27NO2. The number of unbranched alkanes of at least 4 members (excludes halogenated alkanes) is 1. The van der Waals surface area contributed by atoms with Crippen LogP contribution in [0.25, 0.3) is 0 Å². The summed E-state index contributed by atoms with van der Waals surface area (Å²) in [5.74, 6) is -0.249. The van der Waals surface area contributed by atoms with Crippen LogP contribution in [0, 0.1) is 0 Å². The number of nitrogens with one attached hydrogen (secondary N) is 1. The van der Waals surface area contributed by atoms with Crippen LogP contribution >= 0.6 is 0 Å². The molecule has 2 aromatic carbocycles. The topological polar surface area (TPSA) is 38.3 Å². The second-order valence-electron chi connectivity index (χ2n) is 6.12. The van der Waals surface area contributed by atoms with Gasteiger partial charge < -0.3 is 10.1 Å². The Hall–Kier alpha value is -2.13. The largest absolute Gasteiger partial charge is 0.461 e. The van der Waals surface area contributed by atoms with Gasteiger partial charge in [0.05, 0.1) is 0 Å². The molecule has 0 spiro atoms. The monoisotopic (exact) mass is 325 g/mol. The van der Waals surface area contributed by atoms with Gasteiger partial charge in [0, 0.05) is 20.0 Å². The minimum atomic E-state index is -0.249. The number of rotatable bonds is 9. The third kappa shape index (κ3) is 6.55. The van der Waals surface area contributed by atoms with Crippen molar-refractivity contribution in [2.45, 2.75) is 52.8 Å². The highest BCUT2D eigenvalue weighted by atomic mass is 16.5. The first-order valence-electron chi connectivity index (χ1n) is 8.67. The number of esters is 1. The quantitative estimate of drug-likeness (QED) is 0.695. The van der Waals surface area contributed by atoms with Crippen LogP contribution in [-0.4, -0.2) is 5.97 Å². The normalized spacial score (nSPS) is 10.6. The highest BCUT2D eigenvalue weighted by Crippen LogP contribution is 2.09. The van der Waals surface area contributed by atoms with E-state index in [-0.39, 0.29) is 5.97 Å². The maximum atomic E-state index is 10.9. The molecule has 0 amide bonds. The summed E-state index contributed by atoms with van der Waals surface area (Å²) in [7, 11) is 0. The van der Waals surface area contributed by atoms with Gasteiger partial charge in [0.25, 0.3) is 0 Å². The third-order valence-corrected chi connectivity index (χ3v) is 3.93. The SMILES string of the molecule is CCCCc1ccc(CNCc2cccc(COC(C)=O)c2)cc1. The first kappa shape index (κ1) is 18.2. The summed E-state index contributed by atoms with van der Waals surface area (Å²) in [6.45, 7) is 5.63. The van der Waals surface area contributed by atoms with E-state index in [1.807, 2.05) is 12.1 Å². The van der Waals surface area contributed by atoms with Crippen molar-refractivity contribution in [3.8, 4) is 0 Å². The van der Waals surface area contributed by atoms with E-state index in [0.717, 1.165) is 18.7 Å². The summed E-state index contributed by atoms with van der Waals surface area (Å²) in [6.07, 6.45) is 3.65. The van der Waals surface area contributed by atoms with Crippen molar-refractivity contribution in [2.24, 2.45) is 0 Å². The van der Waals surface area contributed by atoms with E-state index in [9.17, 15) is 4.79 Å². The minimum Gasteiger partial charge on any atom is -0.461 e. The molecule has 0 heterocycles. The van der Waals surface area contributed by atoms with Gasteiger partial charge in [-0.15, -0.1) is 0 Å². The fourth-order valence-corrected chi connectivity index (χ4v) is 2.57. The van der Waals surface area contributed by atoms with Crippen LogP contribution in [0.15, 0.2) is 48.5 Å². The van der Waals surface area contributed by atoms with Crippen molar-refractivity contribution in [1.82, 2.24) is 5.32 Å². The van der Waals surface area contributed by atoms with Crippen LogP contribution < -0.4 is 5.32 Å². The smallest absolute Gasteiger partial charge is 0.302 e. The van der Waals surface area contributed by atoms with Crippen LogP contribution in [-0.2, 0) is 35.6 Å². The van der Waals surface area contributed by atoms with Gasteiger partial charge in [-0.3, -0.25) is 4.79 Å².